The Morgan fingerprint density at radius 3 is 2.23 bits per heavy atom. The number of allylic oxidation sites excluding steroid dienone is 2. The van der Waals surface area contributed by atoms with Crippen molar-refractivity contribution in [2.24, 2.45) is 0 Å². The summed E-state index contributed by atoms with van der Waals surface area (Å²) in [5.41, 5.74) is 7.69. The number of fused-ring (bicyclic) bond motifs is 2. The molecule has 2 aliphatic heterocycles. The molecule has 158 valence electrons. The first-order valence-electron chi connectivity index (χ1n) is 10.6. The van der Waals surface area contributed by atoms with Gasteiger partial charge in [0.15, 0.2) is 5.70 Å². The van der Waals surface area contributed by atoms with Gasteiger partial charge in [0.2, 0.25) is 0 Å². The van der Waals surface area contributed by atoms with Gasteiger partial charge in [-0.1, -0.05) is 26.0 Å². The minimum absolute atomic E-state index is 0.325. The maximum absolute atomic E-state index is 16.1. The van der Waals surface area contributed by atoms with Crippen molar-refractivity contribution in [2.45, 2.75) is 61.3 Å². The molecule has 0 aliphatic carbocycles. The second-order valence-electron chi connectivity index (χ2n) is 8.45. The van der Waals surface area contributed by atoms with Crippen LogP contribution >= 0.6 is 0 Å². The van der Waals surface area contributed by atoms with Gasteiger partial charge in [-0.25, -0.2) is 4.39 Å². The van der Waals surface area contributed by atoms with Gasteiger partial charge in [-0.2, -0.15) is 0 Å². The first kappa shape index (κ1) is 20.8. The average Bonchev–Trinajstić information content (AvgIpc) is 3.09. The van der Waals surface area contributed by atoms with Crippen molar-refractivity contribution in [1.82, 2.24) is 4.48 Å². The van der Waals surface area contributed by atoms with Crippen molar-refractivity contribution in [2.75, 3.05) is 0 Å². The van der Waals surface area contributed by atoms with Gasteiger partial charge in [-0.05, 0) is 74.6 Å². The Morgan fingerprint density at radius 2 is 1.67 bits per heavy atom. The molecule has 2 aliphatic rings. The lowest BCUT2D eigenvalue weighted by atomic mass is 9.83. The summed E-state index contributed by atoms with van der Waals surface area (Å²) in [6.07, 6.45) is 1.35. The summed E-state index contributed by atoms with van der Waals surface area (Å²) in [4.78, 5) is 0. The van der Waals surface area contributed by atoms with Gasteiger partial charge in [-0.3, -0.25) is 0 Å². The lowest BCUT2D eigenvalue weighted by Gasteiger charge is -2.34. The van der Waals surface area contributed by atoms with Crippen molar-refractivity contribution in [3.05, 3.63) is 74.5 Å². The van der Waals surface area contributed by atoms with Crippen LogP contribution in [0.15, 0.2) is 35.0 Å². The van der Waals surface area contributed by atoms with Crippen LogP contribution in [0.4, 0.5) is 13.0 Å². The van der Waals surface area contributed by atoms with Crippen LogP contribution in [0.5, 0.6) is 0 Å². The summed E-state index contributed by atoms with van der Waals surface area (Å²) < 4.78 is 49.2. The minimum atomic E-state index is -4.05. The van der Waals surface area contributed by atoms with E-state index in [-0.39, 0.29) is 5.82 Å². The highest BCUT2D eigenvalue weighted by Gasteiger charge is 2.56. The summed E-state index contributed by atoms with van der Waals surface area (Å²) in [7, 11) is 0. The van der Waals surface area contributed by atoms with E-state index in [1.54, 1.807) is 26.8 Å². The third kappa shape index (κ3) is 2.49. The molecule has 0 bridgehead atoms. The molecule has 0 spiro atoms. The molecule has 1 aromatic carbocycles. The average molecular weight is 412 g/mol. The molecule has 0 saturated carbocycles. The zero-order valence-corrected chi connectivity index (χ0v) is 18.8. The Bertz CT molecular complexity index is 1200. The number of nitrogens with zero attached hydrogens (tertiary/aromatic N) is 2. The van der Waals surface area contributed by atoms with Gasteiger partial charge in [0.1, 0.15) is 11.5 Å². The highest BCUT2D eigenvalue weighted by atomic mass is 19.2. The van der Waals surface area contributed by atoms with Crippen LogP contribution in [0.1, 0.15) is 67.8 Å². The molecule has 1 aromatic heterocycles. The largest absolute Gasteiger partial charge is 0.737 e. The molecule has 0 unspecified atom stereocenters. The van der Waals surface area contributed by atoms with Gasteiger partial charge in [0.05, 0.1) is 5.57 Å². The van der Waals surface area contributed by atoms with Crippen LogP contribution in [0.25, 0.3) is 5.57 Å². The Labute approximate surface area is 176 Å². The van der Waals surface area contributed by atoms with Crippen LogP contribution in [0.2, 0.25) is 0 Å². The number of aryl methyl sites for hydroxylation is 1. The molecule has 0 N–H and O–H groups in total. The fraction of sp³-hybridized carbons (Fsp3) is 0.375. The van der Waals surface area contributed by atoms with E-state index >= 15 is 8.63 Å². The number of hydrogen-bond acceptors (Lipinski definition) is 0. The van der Waals surface area contributed by atoms with E-state index in [0.29, 0.717) is 52.3 Å². The van der Waals surface area contributed by atoms with Crippen LogP contribution in [0, 0.1) is 26.6 Å². The summed E-state index contributed by atoms with van der Waals surface area (Å²) in [6, 6.07) is 5.05. The lowest BCUT2D eigenvalue weighted by molar-refractivity contribution is -0.363. The third-order valence-corrected chi connectivity index (χ3v) is 6.96. The standard InChI is InChI=1S/C24H28BF3N2/c1-8-19-14(4)23-22(18-11-10-13(3)21(26)12-18)24-15(5)20(9-2)17(7)30(24)25(27,28)29(23)16(19)6/h10-12H,8-9H2,1-7H3. The maximum Gasteiger partial charge on any atom is 0.737 e. The normalized spacial score (nSPS) is 17.8. The van der Waals surface area contributed by atoms with E-state index in [0.717, 1.165) is 22.3 Å². The summed E-state index contributed by atoms with van der Waals surface area (Å²) in [5, 5.41) is 0. The molecule has 2 nitrogen and oxygen atoms in total. The first-order chi connectivity index (χ1) is 14.1. The quantitative estimate of drug-likeness (QED) is 0.521. The Morgan fingerprint density at radius 1 is 1.00 bits per heavy atom. The topological polar surface area (TPSA) is 7.94 Å². The van der Waals surface area contributed by atoms with Gasteiger partial charge < -0.3 is 17.6 Å². The molecular formula is C24H28BF3N2. The summed E-state index contributed by atoms with van der Waals surface area (Å²) in [6.45, 7) is 9.01. The maximum atomic E-state index is 16.1. The third-order valence-electron chi connectivity index (χ3n) is 6.96. The second-order valence-corrected chi connectivity index (χ2v) is 8.45. The molecule has 2 aromatic rings. The van der Waals surface area contributed by atoms with Crippen molar-refractivity contribution < 1.29 is 17.5 Å². The van der Waals surface area contributed by atoms with E-state index in [9.17, 15) is 4.39 Å². The monoisotopic (exact) mass is 412 g/mol. The molecular weight excluding hydrogens is 384 g/mol. The van der Waals surface area contributed by atoms with Crippen molar-refractivity contribution >= 4 is 18.3 Å². The number of benzene rings is 1. The summed E-state index contributed by atoms with van der Waals surface area (Å²) >= 11 is 0. The Hall–Kier alpha value is -2.50. The fourth-order valence-corrected chi connectivity index (χ4v) is 5.50. The van der Waals surface area contributed by atoms with Crippen molar-refractivity contribution in [3.8, 4) is 0 Å². The van der Waals surface area contributed by atoms with Gasteiger partial charge in [0, 0.05) is 23.8 Å². The lowest BCUT2D eigenvalue weighted by Crippen LogP contribution is -2.51. The second kappa shape index (κ2) is 6.76. The zero-order chi connectivity index (χ0) is 22.1. The molecule has 4 rings (SSSR count). The SMILES string of the molecule is CCC1=C(C)C2=C(c3ccc(C)c(F)c3)c3c(C)c(CC)c(C)n3[B-](F)(F)[N+]2=C1C. The molecule has 0 radical (unpaired) electrons. The minimum Gasteiger partial charge on any atom is -0.393 e. The molecule has 0 fully saturated rings. The van der Waals surface area contributed by atoms with E-state index in [1.165, 1.54) is 15.0 Å². The predicted octanol–water partition coefficient (Wildman–Crippen LogP) is 6.32. The van der Waals surface area contributed by atoms with Gasteiger partial charge in [0.25, 0.3) is 0 Å². The van der Waals surface area contributed by atoms with Crippen LogP contribution in [-0.2, 0) is 6.42 Å². The smallest absolute Gasteiger partial charge is 0.393 e. The predicted molar refractivity (Wildman–Crippen MR) is 118 cm³/mol. The molecule has 30 heavy (non-hydrogen) atoms. The number of hydrogen-bond donors (Lipinski definition) is 0. The molecule has 3 heterocycles. The summed E-state index contributed by atoms with van der Waals surface area (Å²) in [5.74, 6) is -0.325. The van der Waals surface area contributed by atoms with Crippen LogP contribution < -0.4 is 0 Å². The molecule has 0 atom stereocenters. The van der Waals surface area contributed by atoms with Crippen LogP contribution in [-0.4, -0.2) is 21.6 Å². The van der Waals surface area contributed by atoms with Crippen molar-refractivity contribution in [3.63, 3.8) is 0 Å². The zero-order valence-electron chi connectivity index (χ0n) is 18.8. The Kier molecular flexibility index (Phi) is 4.68. The number of rotatable bonds is 3. The van der Waals surface area contributed by atoms with Gasteiger partial charge >= 0.3 is 6.97 Å². The fourth-order valence-electron chi connectivity index (χ4n) is 5.50. The highest BCUT2D eigenvalue weighted by Crippen LogP contribution is 2.47. The molecule has 6 heteroatoms. The number of halogens is 3. The first-order valence-corrected chi connectivity index (χ1v) is 10.6. The van der Waals surface area contributed by atoms with E-state index in [4.69, 9.17) is 0 Å². The van der Waals surface area contributed by atoms with E-state index in [1.807, 2.05) is 33.8 Å². The van der Waals surface area contributed by atoms with Gasteiger partial charge in [-0.15, -0.1) is 0 Å². The van der Waals surface area contributed by atoms with Crippen molar-refractivity contribution in [1.29, 1.82) is 0 Å². The highest BCUT2D eigenvalue weighted by molar-refractivity contribution is 6.58. The number of aromatic nitrogens is 1. The van der Waals surface area contributed by atoms with E-state index in [2.05, 4.69) is 0 Å². The molecule has 0 amide bonds. The Balaban J connectivity index is 2.23. The van der Waals surface area contributed by atoms with E-state index < -0.39 is 6.97 Å². The van der Waals surface area contributed by atoms with Crippen LogP contribution in [0.3, 0.4) is 0 Å². The molecule has 0 saturated heterocycles.